The number of oxazole rings is 1. The normalized spacial score (nSPS) is 18.7. The molecule has 0 radical (unpaired) electrons. The summed E-state index contributed by atoms with van der Waals surface area (Å²) in [5.41, 5.74) is 7.20. The van der Waals surface area contributed by atoms with Crippen LogP contribution in [0.5, 0.6) is 0 Å². The van der Waals surface area contributed by atoms with E-state index in [1.165, 1.54) is 6.26 Å². The maximum absolute atomic E-state index is 12.6. The van der Waals surface area contributed by atoms with Crippen LogP contribution in [-0.4, -0.2) is 44.3 Å². The number of aryl methyl sites for hydroxylation is 1. The van der Waals surface area contributed by atoms with Crippen LogP contribution in [0.2, 0.25) is 0 Å². The summed E-state index contributed by atoms with van der Waals surface area (Å²) < 4.78 is 12.6. The zero-order valence-corrected chi connectivity index (χ0v) is 16.0. The van der Waals surface area contributed by atoms with Crippen molar-refractivity contribution >= 4 is 17.5 Å². The van der Waals surface area contributed by atoms with E-state index in [1.807, 2.05) is 13.8 Å². The third kappa shape index (κ3) is 3.74. The summed E-state index contributed by atoms with van der Waals surface area (Å²) >= 11 is 0. The predicted molar refractivity (Wildman–Crippen MR) is 102 cm³/mol. The van der Waals surface area contributed by atoms with Crippen molar-refractivity contribution in [2.45, 2.75) is 32.4 Å². The van der Waals surface area contributed by atoms with Crippen molar-refractivity contribution in [2.75, 3.05) is 11.9 Å². The van der Waals surface area contributed by atoms with Gasteiger partial charge in [0.25, 0.3) is 11.8 Å². The summed E-state index contributed by atoms with van der Waals surface area (Å²) in [6.07, 6.45) is 5.17. The molecule has 10 heteroatoms. The molecule has 0 saturated carbocycles. The van der Waals surface area contributed by atoms with Gasteiger partial charge < -0.3 is 20.2 Å². The number of aromatic nitrogens is 4. The SMILES string of the molecule is Cc1cc(-c2nc(C(=O)Nc3cn([C@@H]4CCOC4C)nc3C(N)=O)co2)ccn1. The highest BCUT2D eigenvalue weighted by molar-refractivity contribution is 6.07. The molecule has 1 saturated heterocycles. The first kappa shape index (κ1) is 18.8. The highest BCUT2D eigenvalue weighted by Crippen LogP contribution is 2.28. The second-order valence-electron chi connectivity index (χ2n) is 6.85. The van der Waals surface area contributed by atoms with Crippen molar-refractivity contribution in [1.82, 2.24) is 19.7 Å². The average Bonchev–Trinajstić information content (AvgIpc) is 3.40. The van der Waals surface area contributed by atoms with E-state index < -0.39 is 11.8 Å². The molecule has 4 heterocycles. The number of nitrogens with zero attached hydrogens (tertiary/aromatic N) is 4. The molecular formula is C19H20N6O4. The van der Waals surface area contributed by atoms with Crippen LogP contribution in [-0.2, 0) is 4.74 Å². The van der Waals surface area contributed by atoms with Crippen LogP contribution < -0.4 is 11.1 Å². The Morgan fingerprint density at radius 2 is 2.21 bits per heavy atom. The molecule has 0 aromatic carbocycles. The second-order valence-corrected chi connectivity index (χ2v) is 6.85. The number of primary amides is 1. The first-order valence-electron chi connectivity index (χ1n) is 9.13. The van der Waals surface area contributed by atoms with Gasteiger partial charge in [0, 0.05) is 30.3 Å². The van der Waals surface area contributed by atoms with Gasteiger partial charge in [-0.25, -0.2) is 4.98 Å². The topological polar surface area (TPSA) is 138 Å². The second kappa shape index (κ2) is 7.47. The monoisotopic (exact) mass is 396 g/mol. The first-order valence-corrected chi connectivity index (χ1v) is 9.13. The molecule has 10 nitrogen and oxygen atoms in total. The van der Waals surface area contributed by atoms with Gasteiger partial charge in [0.05, 0.1) is 17.8 Å². The minimum Gasteiger partial charge on any atom is -0.444 e. The lowest BCUT2D eigenvalue weighted by Crippen LogP contribution is -2.19. The van der Waals surface area contributed by atoms with E-state index >= 15 is 0 Å². The molecular weight excluding hydrogens is 376 g/mol. The van der Waals surface area contributed by atoms with Gasteiger partial charge in [0.1, 0.15) is 6.26 Å². The average molecular weight is 396 g/mol. The van der Waals surface area contributed by atoms with Crippen LogP contribution >= 0.6 is 0 Å². The lowest BCUT2D eigenvalue weighted by atomic mass is 10.2. The minimum absolute atomic E-state index is 0.0223. The fraction of sp³-hybridized carbons (Fsp3) is 0.316. The molecule has 3 aromatic rings. The molecule has 3 aromatic heterocycles. The Bertz CT molecular complexity index is 1070. The Balaban J connectivity index is 1.57. The molecule has 2 amide bonds. The number of hydrogen-bond acceptors (Lipinski definition) is 7. The number of amides is 2. The lowest BCUT2D eigenvalue weighted by Gasteiger charge is -2.13. The van der Waals surface area contributed by atoms with Crippen molar-refractivity contribution in [3.63, 3.8) is 0 Å². The molecule has 150 valence electrons. The number of ether oxygens (including phenoxy) is 1. The zero-order chi connectivity index (χ0) is 20.5. The van der Waals surface area contributed by atoms with Crippen molar-refractivity contribution in [2.24, 2.45) is 5.73 Å². The summed E-state index contributed by atoms with van der Waals surface area (Å²) in [6.45, 7) is 4.38. The van der Waals surface area contributed by atoms with E-state index in [2.05, 4.69) is 20.4 Å². The molecule has 1 fully saturated rings. The van der Waals surface area contributed by atoms with Crippen LogP contribution in [0.1, 0.15) is 46.1 Å². The summed E-state index contributed by atoms with van der Waals surface area (Å²) in [5, 5.41) is 6.89. The van der Waals surface area contributed by atoms with Gasteiger partial charge in [-0.1, -0.05) is 0 Å². The van der Waals surface area contributed by atoms with E-state index in [9.17, 15) is 9.59 Å². The largest absolute Gasteiger partial charge is 0.444 e. The molecule has 1 aliphatic rings. The van der Waals surface area contributed by atoms with Gasteiger partial charge in [0.15, 0.2) is 11.4 Å². The standard InChI is InChI=1S/C19H20N6O4/c1-10-7-12(3-5-21-10)19-23-14(9-29-19)18(27)22-13-8-25(24-16(13)17(20)26)15-4-6-28-11(15)2/h3,5,7-9,11,15H,4,6H2,1-2H3,(H2,20,26)(H,22,27)/t11?,15-/m1/s1. The number of nitrogens with two attached hydrogens (primary N) is 1. The Morgan fingerprint density at radius 1 is 1.38 bits per heavy atom. The Kier molecular flexibility index (Phi) is 4.85. The molecule has 2 atom stereocenters. The number of hydrogen-bond donors (Lipinski definition) is 2. The van der Waals surface area contributed by atoms with E-state index in [-0.39, 0.29) is 29.2 Å². The fourth-order valence-electron chi connectivity index (χ4n) is 3.28. The Morgan fingerprint density at radius 3 is 2.90 bits per heavy atom. The van der Waals surface area contributed by atoms with Crippen molar-refractivity contribution in [3.8, 4) is 11.5 Å². The molecule has 4 rings (SSSR count). The van der Waals surface area contributed by atoms with Crippen LogP contribution in [0.3, 0.4) is 0 Å². The third-order valence-corrected chi connectivity index (χ3v) is 4.77. The van der Waals surface area contributed by atoms with Gasteiger partial charge in [-0.3, -0.25) is 19.3 Å². The predicted octanol–water partition coefficient (Wildman–Crippen LogP) is 1.94. The molecule has 0 spiro atoms. The number of carbonyl (C=O) groups is 2. The smallest absolute Gasteiger partial charge is 0.277 e. The van der Waals surface area contributed by atoms with Gasteiger partial charge in [0.2, 0.25) is 5.89 Å². The van der Waals surface area contributed by atoms with E-state index in [1.54, 1.807) is 29.2 Å². The van der Waals surface area contributed by atoms with Gasteiger partial charge in [-0.05, 0) is 32.4 Å². The van der Waals surface area contributed by atoms with Crippen LogP contribution in [0.4, 0.5) is 5.69 Å². The number of carbonyl (C=O) groups excluding carboxylic acids is 2. The molecule has 29 heavy (non-hydrogen) atoms. The third-order valence-electron chi connectivity index (χ3n) is 4.77. The highest BCUT2D eigenvalue weighted by atomic mass is 16.5. The molecule has 3 N–H and O–H groups in total. The van der Waals surface area contributed by atoms with Crippen LogP contribution in [0.15, 0.2) is 35.2 Å². The zero-order valence-electron chi connectivity index (χ0n) is 16.0. The fourth-order valence-corrected chi connectivity index (χ4v) is 3.28. The van der Waals surface area contributed by atoms with Crippen molar-refractivity contribution in [3.05, 3.63) is 47.9 Å². The number of nitrogens with one attached hydrogen (secondary N) is 1. The summed E-state index contributed by atoms with van der Waals surface area (Å²) in [5.74, 6) is -0.981. The highest BCUT2D eigenvalue weighted by Gasteiger charge is 2.29. The number of pyridine rings is 1. The maximum atomic E-state index is 12.6. The summed E-state index contributed by atoms with van der Waals surface area (Å²) in [4.78, 5) is 32.8. The summed E-state index contributed by atoms with van der Waals surface area (Å²) in [7, 11) is 0. The molecule has 0 bridgehead atoms. The minimum atomic E-state index is -0.737. The van der Waals surface area contributed by atoms with Crippen LogP contribution in [0, 0.1) is 6.92 Å². The quantitative estimate of drug-likeness (QED) is 0.672. The number of rotatable bonds is 5. The van der Waals surface area contributed by atoms with Crippen molar-refractivity contribution in [1.29, 1.82) is 0 Å². The Hall–Kier alpha value is -3.53. The first-order chi connectivity index (χ1) is 13.9. The van der Waals surface area contributed by atoms with Crippen molar-refractivity contribution < 1.29 is 18.7 Å². The maximum Gasteiger partial charge on any atom is 0.277 e. The molecule has 1 aliphatic heterocycles. The van der Waals surface area contributed by atoms with E-state index in [0.717, 1.165) is 12.1 Å². The van der Waals surface area contributed by atoms with Crippen LogP contribution in [0.25, 0.3) is 11.5 Å². The number of anilines is 1. The Labute approximate surface area is 166 Å². The van der Waals surface area contributed by atoms with Gasteiger partial charge in [-0.15, -0.1) is 0 Å². The van der Waals surface area contributed by atoms with E-state index in [4.69, 9.17) is 14.9 Å². The molecule has 0 aliphatic carbocycles. The van der Waals surface area contributed by atoms with E-state index in [0.29, 0.717) is 18.1 Å². The van der Waals surface area contributed by atoms with Gasteiger partial charge >= 0.3 is 0 Å². The molecule has 1 unspecified atom stereocenters. The lowest BCUT2D eigenvalue weighted by molar-refractivity contribution is 0.0984. The summed E-state index contributed by atoms with van der Waals surface area (Å²) in [6, 6.07) is 3.50. The van der Waals surface area contributed by atoms with Gasteiger partial charge in [-0.2, -0.15) is 5.10 Å².